The van der Waals surface area contributed by atoms with Gasteiger partial charge in [0.25, 0.3) is 0 Å². The first-order valence-corrected chi connectivity index (χ1v) is 5.55. The molecule has 1 aromatic rings. The molecule has 4 heteroatoms. The molecule has 1 fully saturated rings. The smallest absolute Gasteiger partial charge is 0.240 e. The molecule has 1 aromatic carbocycles. The molecule has 0 N–H and O–H groups in total. The van der Waals surface area contributed by atoms with Crippen LogP contribution in [0.2, 0.25) is 0 Å². The minimum absolute atomic E-state index is 0.452. The predicted octanol–water partition coefficient (Wildman–Crippen LogP) is 2.92. The highest BCUT2D eigenvalue weighted by Crippen LogP contribution is 2.33. The van der Waals surface area contributed by atoms with Crippen molar-refractivity contribution in [2.75, 3.05) is 13.2 Å². The van der Waals surface area contributed by atoms with E-state index >= 15 is 0 Å². The highest BCUT2D eigenvalue weighted by atomic mass is 79.9. The Bertz CT molecular complexity index is 407. The van der Waals surface area contributed by atoms with Crippen molar-refractivity contribution in [1.82, 2.24) is 0 Å². The molecule has 0 aliphatic carbocycles. The lowest BCUT2D eigenvalue weighted by atomic mass is 9.98. The highest BCUT2D eigenvalue weighted by Gasteiger charge is 2.19. The van der Waals surface area contributed by atoms with E-state index in [0.717, 1.165) is 24.1 Å². The zero-order chi connectivity index (χ0) is 10.7. The average Bonchev–Trinajstić information content (AvgIpc) is 2.71. The van der Waals surface area contributed by atoms with Gasteiger partial charge in [-0.1, -0.05) is 22.0 Å². The van der Waals surface area contributed by atoms with Crippen molar-refractivity contribution in [2.45, 2.75) is 12.3 Å². The van der Waals surface area contributed by atoms with Gasteiger partial charge in [0.05, 0.1) is 12.3 Å². The third-order valence-electron chi connectivity index (χ3n) is 2.53. The van der Waals surface area contributed by atoms with Crippen molar-refractivity contribution in [3.05, 3.63) is 28.2 Å². The van der Waals surface area contributed by atoms with Gasteiger partial charge in [0.15, 0.2) is 0 Å². The first kappa shape index (κ1) is 10.6. The lowest BCUT2D eigenvalue weighted by molar-refractivity contribution is 0.194. The summed E-state index contributed by atoms with van der Waals surface area (Å²) in [5, 5.41) is 0. The number of halogens is 1. The van der Waals surface area contributed by atoms with Crippen molar-refractivity contribution in [3.8, 4) is 0 Å². The number of isocyanates is 1. The van der Waals surface area contributed by atoms with Crippen LogP contribution in [0.1, 0.15) is 17.9 Å². The van der Waals surface area contributed by atoms with Crippen molar-refractivity contribution in [1.29, 1.82) is 0 Å². The normalized spacial score (nSPS) is 19.9. The van der Waals surface area contributed by atoms with E-state index in [1.54, 1.807) is 0 Å². The minimum atomic E-state index is 0.452. The van der Waals surface area contributed by atoms with Gasteiger partial charge in [0.2, 0.25) is 6.08 Å². The van der Waals surface area contributed by atoms with Gasteiger partial charge in [0.1, 0.15) is 0 Å². The Morgan fingerprint density at radius 2 is 2.40 bits per heavy atom. The number of nitrogens with zero attached hydrogens (tertiary/aromatic N) is 1. The van der Waals surface area contributed by atoms with Crippen LogP contribution in [0.4, 0.5) is 5.69 Å². The van der Waals surface area contributed by atoms with Crippen LogP contribution in [0.3, 0.4) is 0 Å². The molecular formula is C11H10BrNO2. The summed E-state index contributed by atoms with van der Waals surface area (Å²) >= 11 is 3.48. The summed E-state index contributed by atoms with van der Waals surface area (Å²) in [5.74, 6) is 0.452. The number of hydrogen-bond acceptors (Lipinski definition) is 3. The summed E-state index contributed by atoms with van der Waals surface area (Å²) in [6.07, 6.45) is 2.58. The highest BCUT2D eigenvalue weighted by molar-refractivity contribution is 9.10. The Kier molecular flexibility index (Phi) is 3.31. The van der Waals surface area contributed by atoms with Crippen LogP contribution in [0.15, 0.2) is 27.7 Å². The fourth-order valence-electron chi connectivity index (χ4n) is 1.75. The number of ether oxygens (including phenoxy) is 1. The zero-order valence-corrected chi connectivity index (χ0v) is 9.66. The Hall–Kier alpha value is -0.960. The van der Waals surface area contributed by atoms with Crippen LogP contribution in [-0.4, -0.2) is 19.3 Å². The molecule has 0 saturated carbocycles. The van der Waals surface area contributed by atoms with Gasteiger partial charge in [-0.2, -0.15) is 4.99 Å². The molecule has 0 amide bonds. The van der Waals surface area contributed by atoms with Gasteiger partial charge in [0, 0.05) is 17.0 Å². The summed E-state index contributed by atoms with van der Waals surface area (Å²) in [7, 11) is 0. The van der Waals surface area contributed by atoms with Crippen LogP contribution in [0, 0.1) is 0 Å². The van der Waals surface area contributed by atoms with Gasteiger partial charge in [-0.25, -0.2) is 4.79 Å². The van der Waals surface area contributed by atoms with Crippen LogP contribution in [0.25, 0.3) is 0 Å². The molecule has 15 heavy (non-hydrogen) atoms. The number of carbonyl (C=O) groups excluding carboxylic acids is 1. The fraction of sp³-hybridized carbons (Fsp3) is 0.364. The van der Waals surface area contributed by atoms with Gasteiger partial charge >= 0.3 is 0 Å². The molecule has 1 aliphatic heterocycles. The van der Waals surface area contributed by atoms with E-state index < -0.39 is 0 Å². The van der Waals surface area contributed by atoms with Gasteiger partial charge in [-0.15, -0.1) is 0 Å². The third-order valence-corrected chi connectivity index (χ3v) is 3.22. The van der Waals surface area contributed by atoms with Gasteiger partial charge < -0.3 is 4.74 Å². The minimum Gasteiger partial charge on any atom is -0.381 e. The molecule has 1 unspecified atom stereocenters. The molecule has 0 aromatic heterocycles. The van der Waals surface area contributed by atoms with Crippen LogP contribution < -0.4 is 0 Å². The molecule has 2 rings (SSSR count). The molecular weight excluding hydrogens is 258 g/mol. The van der Waals surface area contributed by atoms with Crippen LogP contribution >= 0.6 is 15.9 Å². The second kappa shape index (κ2) is 4.71. The monoisotopic (exact) mass is 267 g/mol. The quantitative estimate of drug-likeness (QED) is 0.611. The van der Waals surface area contributed by atoms with E-state index in [2.05, 4.69) is 20.9 Å². The van der Waals surface area contributed by atoms with E-state index in [-0.39, 0.29) is 0 Å². The van der Waals surface area contributed by atoms with Crippen LogP contribution in [-0.2, 0) is 9.53 Å². The number of rotatable bonds is 2. The van der Waals surface area contributed by atoms with Crippen molar-refractivity contribution >= 4 is 27.7 Å². The summed E-state index contributed by atoms with van der Waals surface area (Å²) in [6, 6.07) is 5.64. The van der Waals surface area contributed by atoms with E-state index in [0.29, 0.717) is 11.6 Å². The Morgan fingerprint density at radius 3 is 3.00 bits per heavy atom. The molecule has 1 heterocycles. The molecule has 1 aliphatic rings. The largest absolute Gasteiger partial charge is 0.381 e. The fourth-order valence-corrected chi connectivity index (χ4v) is 2.44. The number of hydrogen-bond donors (Lipinski definition) is 0. The van der Waals surface area contributed by atoms with E-state index in [1.165, 1.54) is 11.6 Å². The average molecular weight is 268 g/mol. The number of aliphatic imine (C=N–C) groups is 1. The van der Waals surface area contributed by atoms with Crippen molar-refractivity contribution < 1.29 is 9.53 Å². The van der Waals surface area contributed by atoms with Crippen molar-refractivity contribution in [3.63, 3.8) is 0 Å². The summed E-state index contributed by atoms with van der Waals surface area (Å²) in [4.78, 5) is 13.7. The van der Waals surface area contributed by atoms with E-state index in [9.17, 15) is 4.79 Å². The Morgan fingerprint density at radius 1 is 1.53 bits per heavy atom. The maximum Gasteiger partial charge on any atom is 0.240 e. The van der Waals surface area contributed by atoms with E-state index in [4.69, 9.17) is 4.74 Å². The topological polar surface area (TPSA) is 38.7 Å². The second-order valence-electron chi connectivity index (χ2n) is 3.47. The predicted molar refractivity (Wildman–Crippen MR) is 60.1 cm³/mol. The van der Waals surface area contributed by atoms with E-state index in [1.807, 2.05) is 18.2 Å². The standard InChI is InChI=1S/C11H10BrNO2/c12-11-5-9(13-7-14)1-2-10(11)8-3-4-15-6-8/h1-2,5,8H,3-4,6H2. The first-order valence-electron chi connectivity index (χ1n) is 4.76. The molecule has 78 valence electrons. The Balaban J connectivity index is 2.29. The van der Waals surface area contributed by atoms with Crippen LogP contribution in [0.5, 0.6) is 0 Å². The number of benzene rings is 1. The molecule has 1 saturated heterocycles. The zero-order valence-electron chi connectivity index (χ0n) is 8.07. The molecule has 0 radical (unpaired) electrons. The molecule has 1 atom stereocenters. The summed E-state index contributed by atoms with van der Waals surface area (Å²) in [5.41, 5.74) is 1.84. The second-order valence-corrected chi connectivity index (χ2v) is 4.32. The van der Waals surface area contributed by atoms with Crippen molar-refractivity contribution in [2.24, 2.45) is 4.99 Å². The summed E-state index contributed by atoms with van der Waals surface area (Å²) in [6.45, 7) is 1.60. The lowest BCUT2D eigenvalue weighted by Gasteiger charge is -2.10. The van der Waals surface area contributed by atoms with Gasteiger partial charge in [-0.3, -0.25) is 0 Å². The maximum atomic E-state index is 10.1. The molecule has 3 nitrogen and oxygen atoms in total. The Labute approximate surface area is 96.3 Å². The SMILES string of the molecule is O=C=Nc1ccc(C2CCOC2)c(Br)c1. The molecule has 0 bridgehead atoms. The summed E-state index contributed by atoms with van der Waals surface area (Å²) < 4.78 is 6.32. The molecule has 0 spiro atoms. The maximum absolute atomic E-state index is 10.1. The third kappa shape index (κ3) is 2.34. The van der Waals surface area contributed by atoms with Gasteiger partial charge in [-0.05, 0) is 24.1 Å². The first-order chi connectivity index (χ1) is 7.31. The lowest BCUT2D eigenvalue weighted by Crippen LogP contribution is -1.98.